The number of rotatable bonds is 5. The normalized spacial score (nSPS) is 23.0. The first kappa shape index (κ1) is 15.5. The zero-order valence-corrected chi connectivity index (χ0v) is 13.0. The Morgan fingerprint density at radius 1 is 1.33 bits per heavy atom. The fourth-order valence-corrected chi connectivity index (χ4v) is 2.76. The second-order valence-electron chi connectivity index (χ2n) is 6.32. The molecule has 0 spiro atoms. The molecule has 21 heavy (non-hydrogen) atoms. The Bertz CT molecular complexity index is 496. The van der Waals surface area contributed by atoms with Gasteiger partial charge in [0.05, 0.1) is 12.7 Å². The van der Waals surface area contributed by atoms with E-state index in [2.05, 4.69) is 10.5 Å². The van der Waals surface area contributed by atoms with Crippen LogP contribution < -0.4 is 5.32 Å². The van der Waals surface area contributed by atoms with Crippen LogP contribution in [0.25, 0.3) is 0 Å². The van der Waals surface area contributed by atoms with E-state index in [1.54, 1.807) is 17.2 Å². The lowest BCUT2D eigenvalue weighted by molar-refractivity contribution is -0.152. The van der Waals surface area contributed by atoms with E-state index in [9.17, 15) is 9.59 Å². The molecule has 1 saturated heterocycles. The second kappa shape index (κ2) is 6.28. The predicted molar refractivity (Wildman–Crippen MR) is 77.1 cm³/mol. The van der Waals surface area contributed by atoms with E-state index in [1.165, 1.54) is 0 Å². The fourth-order valence-electron chi connectivity index (χ4n) is 2.76. The fraction of sp³-hybridized carbons (Fsp3) is 0.667. The van der Waals surface area contributed by atoms with Gasteiger partial charge in [0.15, 0.2) is 5.76 Å². The molecule has 2 amide bonds. The molecule has 1 aromatic heterocycles. The zero-order valence-electron chi connectivity index (χ0n) is 13.0. The molecule has 1 aliphatic rings. The highest BCUT2D eigenvalue weighted by Crippen LogP contribution is 2.22. The molecule has 0 aromatic carbocycles. The maximum Gasteiger partial charge on any atom is 0.246 e. The van der Waals surface area contributed by atoms with E-state index >= 15 is 0 Å². The molecule has 2 unspecified atom stereocenters. The third-order valence-corrected chi connectivity index (χ3v) is 3.66. The van der Waals surface area contributed by atoms with Crippen molar-refractivity contribution in [1.29, 1.82) is 0 Å². The van der Waals surface area contributed by atoms with Gasteiger partial charge in [0.2, 0.25) is 11.8 Å². The molecule has 1 aromatic rings. The molecule has 0 radical (unpaired) electrons. The van der Waals surface area contributed by atoms with Gasteiger partial charge in [-0.3, -0.25) is 9.59 Å². The second-order valence-corrected chi connectivity index (χ2v) is 6.32. The van der Waals surface area contributed by atoms with Crippen molar-refractivity contribution >= 4 is 11.8 Å². The van der Waals surface area contributed by atoms with Gasteiger partial charge in [0.1, 0.15) is 12.1 Å². The Labute approximate surface area is 124 Å². The van der Waals surface area contributed by atoms with Crippen LogP contribution in [0.15, 0.2) is 16.8 Å². The number of aromatic nitrogens is 1. The van der Waals surface area contributed by atoms with E-state index in [0.29, 0.717) is 18.1 Å². The van der Waals surface area contributed by atoms with Crippen LogP contribution in [-0.2, 0) is 16.1 Å². The van der Waals surface area contributed by atoms with E-state index < -0.39 is 12.1 Å². The van der Waals surface area contributed by atoms with Crippen LogP contribution in [0.1, 0.15) is 39.9 Å². The SMILES string of the molecule is CC(C)CC1NC(=O)C(C(C)C)N(Cc2ccno2)C1=O. The molecule has 0 bridgehead atoms. The summed E-state index contributed by atoms with van der Waals surface area (Å²) in [6.07, 6.45) is 2.18. The van der Waals surface area contributed by atoms with Gasteiger partial charge in [-0.2, -0.15) is 0 Å². The molecule has 6 nitrogen and oxygen atoms in total. The van der Waals surface area contributed by atoms with Gasteiger partial charge in [0, 0.05) is 6.07 Å². The van der Waals surface area contributed by atoms with Crippen LogP contribution in [0.2, 0.25) is 0 Å². The van der Waals surface area contributed by atoms with Gasteiger partial charge in [-0.25, -0.2) is 0 Å². The highest BCUT2D eigenvalue weighted by atomic mass is 16.5. The number of nitrogens with zero attached hydrogens (tertiary/aromatic N) is 2. The Hall–Kier alpha value is -1.85. The monoisotopic (exact) mass is 293 g/mol. The van der Waals surface area contributed by atoms with Crippen LogP contribution in [-0.4, -0.2) is 34.0 Å². The standard InChI is InChI=1S/C15H23N3O3/c1-9(2)7-12-15(20)18(8-11-5-6-16-21-11)13(10(3)4)14(19)17-12/h5-6,9-10,12-13H,7-8H2,1-4H3,(H,17,19). The van der Waals surface area contributed by atoms with E-state index in [4.69, 9.17) is 4.52 Å². The first-order valence-corrected chi connectivity index (χ1v) is 7.40. The van der Waals surface area contributed by atoms with E-state index in [1.807, 2.05) is 27.7 Å². The minimum Gasteiger partial charge on any atom is -0.360 e. The number of nitrogens with one attached hydrogen (secondary N) is 1. The van der Waals surface area contributed by atoms with Crippen molar-refractivity contribution in [2.24, 2.45) is 11.8 Å². The number of carbonyl (C=O) groups is 2. The molecule has 0 aliphatic carbocycles. The summed E-state index contributed by atoms with van der Waals surface area (Å²) in [6, 6.07) is 0.802. The highest BCUT2D eigenvalue weighted by molar-refractivity contribution is 5.97. The third-order valence-electron chi connectivity index (χ3n) is 3.66. The topological polar surface area (TPSA) is 75.4 Å². The lowest BCUT2D eigenvalue weighted by Crippen LogP contribution is -2.64. The zero-order chi connectivity index (χ0) is 15.6. The van der Waals surface area contributed by atoms with Gasteiger partial charge in [-0.15, -0.1) is 0 Å². The van der Waals surface area contributed by atoms with Gasteiger partial charge in [-0.05, 0) is 18.3 Å². The summed E-state index contributed by atoms with van der Waals surface area (Å²) in [5, 5.41) is 6.52. The average Bonchev–Trinajstić information content (AvgIpc) is 2.87. The molecule has 6 heteroatoms. The highest BCUT2D eigenvalue weighted by Gasteiger charge is 2.42. The molecular formula is C15H23N3O3. The van der Waals surface area contributed by atoms with Crippen LogP contribution in [0.5, 0.6) is 0 Å². The van der Waals surface area contributed by atoms with E-state index in [-0.39, 0.29) is 24.3 Å². The number of amides is 2. The molecular weight excluding hydrogens is 270 g/mol. The molecule has 2 rings (SSSR count). The molecule has 1 N–H and O–H groups in total. The first-order valence-electron chi connectivity index (χ1n) is 7.40. The summed E-state index contributed by atoms with van der Waals surface area (Å²) in [5.74, 6) is 0.832. The maximum atomic E-state index is 12.7. The van der Waals surface area contributed by atoms with Crippen molar-refractivity contribution < 1.29 is 14.1 Å². The molecule has 1 fully saturated rings. The summed E-state index contributed by atoms with van der Waals surface area (Å²) in [5.41, 5.74) is 0. The molecule has 2 heterocycles. The molecule has 2 atom stereocenters. The van der Waals surface area contributed by atoms with Crippen molar-refractivity contribution in [1.82, 2.24) is 15.4 Å². The van der Waals surface area contributed by atoms with Crippen molar-refractivity contribution in [3.8, 4) is 0 Å². The number of hydrogen-bond donors (Lipinski definition) is 1. The average molecular weight is 293 g/mol. The Kier molecular flexibility index (Phi) is 4.65. The lowest BCUT2D eigenvalue weighted by atomic mass is 9.93. The Morgan fingerprint density at radius 2 is 2.05 bits per heavy atom. The maximum absolute atomic E-state index is 12.7. The summed E-state index contributed by atoms with van der Waals surface area (Å²) >= 11 is 0. The minimum atomic E-state index is -0.467. The van der Waals surface area contributed by atoms with Crippen LogP contribution in [0, 0.1) is 11.8 Å². The van der Waals surface area contributed by atoms with Gasteiger partial charge in [0.25, 0.3) is 0 Å². The third kappa shape index (κ3) is 3.43. The minimum absolute atomic E-state index is 0.0388. The molecule has 0 saturated carbocycles. The number of piperazine rings is 1. The predicted octanol–water partition coefficient (Wildman–Crippen LogP) is 1.57. The summed E-state index contributed by atoms with van der Waals surface area (Å²) in [6.45, 7) is 8.23. The van der Waals surface area contributed by atoms with Crippen molar-refractivity contribution in [2.45, 2.75) is 52.7 Å². The molecule has 1 aliphatic heterocycles. The first-order chi connectivity index (χ1) is 9.90. The Balaban J connectivity index is 2.23. The van der Waals surface area contributed by atoms with Gasteiger partial charge in [-0.1, -0.05) is 32.9 Å². The molecule has 116 valence electrons. The van der Waals surface area contributed by atoms with Crippen molar-refractivity contribution in [2.75, 3.05) is 0 Å². The summed E-state index contributed by atoms with van der Waals surface area (Å²) in [7, 11) is 0. The van der Waals surface area contributed by atoms with Crippen LogP contribution >= 0.6 is 0 Å². The Morgan fingerprint density at radius 3 is 2.57 bits per heavy atom. The number of hydrogen-bond acceptors (Lipinski definition) is 4. The number of carbonyl (C=O) groups excluding carboxylic acids is 2. The summed E-state index contributed by atoms with van der Waals surface area (Å²) < 4.78 is 5.09. The lowest BCUT2D eigenvalue weighted by Gasteiger charge is -2.40. The quantitative estimate of drug-likeness (QED) is 0.894. The van der Waals surface area contributed by atoms with Crippen LogP contribution in [0.3, 0.4) is 0 Å². The van der Waals surface area contributed by atoms with Gasteiger partial charge < -0.3 is 14.7 Å². The summed E-state index contributed by atoms with van der Waals surface area (Å²) in [4.78, 5) is 26.7. The van der Waals surface area contributed by atoms with Crippen molar-refractivity contribution in [3.05, 3.63) is 18.0 Å². The van der Waals surface area contributed by atoms with Crippen LogP contribution in [0.4, 0.5) is 0 Å². The smallest absolute Gasteiger partial charge is 0.246 e. The largest absolute Gasteiger partial charge is 0.360 e. The van der Waals surface area contributed by atoms with E-state index in [0.717, 1.165) is 0 Å². The van der Waals surface area contributed by atoms with Gasteiger partial charge >= 0.3 is 0 Å². The van der Waals surface area contributed by atoms with Crippen molar-refractivity contribution in [3.63, 3.8) is 0 Å².